The zero-order chi connectivity index (χ0) is 17.1. The number of carboxylic acid groups (broad SMARTS) is 1. The van der Waals surface area contributed by atoms with Crippen LogP contribution in [-0.2, 0) is 15.0 Å². The molecule has 1 heterocycles. The summed E-state index contributed by atoms with van der Waals surface area (Å²) in [5.41, 5.74) is -1.39. The van der Waals surface area contributed by atoms with Gasteiger partial charge >= 0.3 is 5.97 Å². The van der Waals surface area contributed by atoms with Crippen molar-refractivity contribution in [3.05, 3.63) is 30.3 Å². The molecule has 0 unspecified atom stereocenters. The second-order valence-corrected chi connectivity index (χ2v) is 7.57. The van der Waals surface area contributed by atoms with E-state index >= 15 is 0 Å². The molecule has 1 aromatic carbocycles. The van der Waals surface area contributed by atoms with Crippen molar-refractivity contribution in [3.63, 3.8) is 0 Å². The van der Waals surface area contributed by atoms with Gasteiger partial charge in [0.05, 0.1) is 0 Å². The molecule has 0 aliphatic carbocycles. The molecule has 1 fully saturated rings. The van der Waals surface area contributed by atoms with Crippen molar-refractivity contribution in [3.8, 4) is 5.75 Å². The Morgan fingerprint density at radius 1 is 1.30 bits per heavy atom. The Kier molecular flexibility index (Phi) is 5.28. The normalized spacial score (nSPS) is 18.7. The van der Waals surface area contributed by atoms with E-state index in [1.165, 1.54) is 15.7 Å². The van der Waals surface area contributed by atoms with Crippen molar-refractivity contribution in [2.24, 2.45) is 0 Å². The molecule has 0 saturated carbocycles. The summed E-state index contributed by atoms with van der Waals surface area (Å²) in [7, 11) is -2.03. The van der Waals surface area contributed by atoms with Crippen LogP contribution in [0.15, 0.2) is 30.3 Å². The first-order valence-corrected chi connectivity index (χ1v) is 8.90. The van der Waals surface area contributed by atoms with Crippen molar-refractivity contribution in [1.82, 2.24) is 8.61 Å². The predicted molar refractivity (Wildman–Crippen MR) is 85.5 cm³/mol. The standard InChI is InChI=1S/C15H22N2O5S/c1-3-16(2)23(20,21)17-11-9-15(10-12-17,14(18)19)22-13-7-5-4-6-8-13/h4-8H,3,9-12H2,1-2H3,(H,18,19). The minimum absolute atomic E-state index is 0.105. The number of carbonyl (C=O) groups is 1. The van der Waals surface area contributed by atoms with E-state index in [1.54, 1.807) is 31.2 Å². The van der Waals surface area contributed by atoms with Crippen LogP contribution in [0.1, 0.15) is 19.8 Å². The third-order valence-corrected chi connectivity index (χ3v) is 6.21. The van der Waals surface area contributed by atoms with Gasteiger partial charge in [0.2, 0.25) is 5.60 Å². The zero-order valence-corrected chi connectivity index (χ0v) is 14.1. The maximum absolute atomic E-state index is 12.3. The van der Waals surface area contributed by atoms with Crippen LogP contribution >= 0.6 is 0 Å². The molecule has 23 heavy (non-hydrogen) atoms. The third-order valence-electron chi connectivity index (χ3n) is 4.14. The molecule has 0 bridgehead atoms. The summed E-state index contributed by atoms with van der Waals surface area (Å²) in [6, 6.07) is 8.73. The van der Waals surface area contributed by atoms with Crippen LogP contribution in [0.25, 0.3) is 0 Å². The number of nitrogens with zero attached hydrogens (tertiary/aromatic N) is 2. The lowest BCUT2D eigenvalue weighted by Gasteiger charge is -2.39. The number of hydrogen-bond donors (Lipinski definition) is 1. The Morgan fingerprint density at radius 2 is 1.87 bits per heavy atom. The van der Waals surface area contributed by atoms with Crippen molar-refractivity contribution < 1.29 is 23.1 Å². The Bertz CT molecular complexity index is 639. The van der Waals surface area contributed by atoms with E-state index in [9.17, 15) is 18.3 Å². The van der Waals surface area contributed by atoms with Gasteiger partial charge in [-0.3, -0.25) is 0 Å². The van der Waals surface area contributed by atoms with Crippen LogP contribution in [0.4, 0.5) is 0 Å². The summed E-state index contributed by atoms with van der Waals surface area (Å²) in [5, 5.41) is 9.59. The van der Waals surface area contributed by atoms with Crippen LogP contribution in [0, 0.1) is 0 Å². The van der Waals surface area contributed by atoms with Crippen LogP contribution in [-0.4, -0.2) is 60.4 Å². The highest BCUT2D eigenvalue weighted by molar-refractivity contribution is 7.86. The van der Waals surface area contributed by atoms with Gasteiger partial charge in [0.15, 0.2) is 0 Å². The molecule has 1 aromatic rings. The molecule has 0 amide bonds. The Morgan fingerprint density at radius 3 is 2.35 bits per heavy atom. The molecule has 0 radical (unpaired) electrons. The molecule has 0 aromatic heterocycles. The fraction of sp³-hybridized carbons (Fsp3) is 0.533. The number of aliphatic carboxylic acids is 1. The summed E-state index contributed by atoms with van der Waals surface area (Å²) >= 11 is 0. The summed E-state index contributed by atoms with van der Waals surface area (Å²) in [6.07, 6.45) is 0.210. The molecular weight excluding hydrogens is 320 g/mol. The van der Waals surface area contributed by atoms with Crippen molar-refractivity contribution in [2.45, 2.75) is 25.4 Å². The van der Waals surface area contributed by atoms with Gasteiger partial charge < -0.3 is 9.84 Å². The van der Waals surface area contributed by atoms with E-state index in [0.717, 1.165) is 0 Å². The minimum Gasteiger partial charge on any atom is -0.478 e. The smallest absolute Gasteiger partial charge is 0.348 e. The van der Waals surface area contributed by atoms with Crippen LogP contribution < -0.4 is 4.74 Å². The number of para-hydroxylation sites is 1. The Labute approximate surface area is 136 Å². The van der Waals surface area contributed by atoms with Gasteiger partial charge in [0, 0.05) is 39.5 Å². The lowest BCUT2D eigenvalue weighted by atomic mass is 9.92. The quantitative estimate of drug-likeness (QED) is 0.839. The fourth-order valence-electron chi connectivity index (χ4n) is 2.51. The first kappa shape index (κ1) is 17.7. The zero-order valence-electron chi connectivity index (χ0n) is 13.3. The Balaban J connectivity index is 2.14. The number of piperidine rings is 1. The third kappa shape index (κ3) is 3.65. The van der Waals surface area contributed by atoms with E-state index in [-0.39, 0.29) is 25.9 Å². The van der Waals surface area contributed by atoms with Gasteiger partial charge in [0.1, 0.15) is 5.75 Å². The van der Waals surface area contributed by atoms with Crippen molar-refractivity contribution in [1.29, 1.82) is 0 Å². The van der Waals surface area contributed by atoms with Gasteiger partial charge in [0.25, 0.3) is 10.2 Å². The average molecular weight is 342 g/mol. The fourth-order valence-corrected chi connectivity index (χ4v) is 3.88. The van der Waals surface area contributed by atoms with Gasteiger partial charge in [-0.05, 0) is 12.1 Å². The SMILES string of the molecule is CCN(C)S(=O)(=O)N1CCC(Oc2ccccc2)(C(=O)O)CC1. The molecule has 1 N–H and O–H groups in total. The van der Waals surface area contributed by atoms with Gasteiger partial charge in [-0.25, -0.2) is 4.79 Å². The van der Waals surface area contributed by atoms with Crippen molar-refractivity contribution >= 4 is 16.2 Å². The largest absolute Gasteiger partial charge is 0.478 e. The maximum Gasteiger partial charge on any atom is 0.348 e. The molecule has 1 aliphatic heterocycles. The highest BCUT2D eigenvalue weighted by Gasteiger charge is 2.46. The second kappa shape index (κ2) is 6.86. The van der Waals surface area contributed by atoms with Gasteiger partial charge in [-0.1, -0.05) is 25.1 Å². The molecule has 1 aliphatic rings. The molecule has 7 nitrogen and oxygen atoms in total. The Hall–Kier alpha value is -1.64. The van der Waals surface area contributed by atoms with Gasteiger partial charge in [-0.15, -0.1) is 0 Å². The number of benzene rings is 1. The topological polar surface area (TPSA) is 87.2 Å². The summed E-state index contributed by atoms with van der Waals surface area (Å²) in [5.74, 6) is -0.598. The lowest BCUT2D eigenvalue weighted by Crippen LogP contribution is -2.56. The number of ether oxygens (including phenoxy) is 1. The molecule has 1 saturated heterocycles. The number of hydrogen-bond acceptors (Lipinski definition) is 4. The summed E-state index contributed by atoms with van der Waals surface area (Å²) < 4.78 is 32.9. The predicted octanol–water partition coefficient (Wildman–Crippen LogP) is 1.18. The second-order valence-electron chi connectivity index (χ2n) is 5.54. The van der Waals surface area contributed by atoms with Crippen LogP contribution in [0.2, 0.25) is 0 Å². The van der Waals surface area contributed by atoms with Gasteiger partial charge in [-0.2, -0.15) is 17.0 Å². The van der Waals surface area contributed by atoms with E-state index in [1.807, 2.05) is 6.07 Å². The summed E-state index contributed by atoms with van der Waals surface area (Å²) in [4.78, 5) is 11.7. The van der Waals surface area contributed by atoms with Crippen molar-refractivity contribution in [2.75, 3.05) is 26.7 Å². The molecule has 8 heteroatoms. The number of rotatable bonds is 6. The minimum atomic E-state index is -3.54. The average Bonchev–Trinajstić information content (AvgIpc) is 2.55. The highest BCUT2D eigenvalue weighted by atomic mass is 32.2. The lowest BCUT2D eigenvalue weighted by molar-refractivity contribution is -0.158. The van der Waals surface area contributed by atoms with E-state index in [2.05, 4.69) is 0 Å². The first-order valence-electron chi connectivity index (χ1n) is 7.51. The molecule has 0 atom stereocenters. The highest BCUT2D eigenvalue weighted by Crippen LogP contribution is 2.30. The molecule has 2 rings (SSSR count). The van der Waals surface area contributed by atoms with E-state index < -0.39 is 21.8 Å². The van der Waals surface area contributed by atoms with E-state index in [0.29, 0.717) is 12.3 Å². The van der Waals surface area contributed by atoms with Crippen LogP contribution in [0.5, 0.6) is 5.75 Å². The number of carboxylic acids is 1. The molecule has 128 valence electrons. The van der Waals surface area contributed by atoms with Crippen LogP contribution in [0.3, 0.4) is 0 Å². The first-order chi connectivity index (χ1) is 10.8. The molecule has 0 spiro atoms. The molecular formula is C15H22N2O5S. The summed E-state index contributed by atoms with van der Waals surface area (Å²) in [6.45, 7) is 2.35. The van der Waals surface area contributed by atoms with E-state index in [4.69, 9.17) is 4.74 Å². The monoisotopic (exact) mass is 342 g/mol. The maximum atomic E-state index is 12.3.